The van der Waals surface area contributed by atoms with Gasteiger partial charge in [0.1, 0.15) is 26.2 Å². The Hall–Kier alpha value is -6.80. The van der Waals surface area contributed by atoms with Crippen LogP contribution in [0, 0.1) is 0 Å². The molecule has 298 valence electrons. The van der Waals surface area contributed by atoms with Crippen LogP contribution in [0.5, 0.6) is 0 Å². The smallest absolute Gasteiger partial charge is 0.168 e. The molecule has 9 heterocycles. The third-order valence-corrected chi connectivity index (χ3v) is 11.7. The second kappa shape index (κ2) is 18.9. The molecule has 7 aromatic rings. The Morgan fingerprint density at radius 3 is 0.917 bits per heavy atom. The van der Waals surface area contributed by atoms with Crippen molar-refractivity contribution in [2.75, 3.05) is 0 Å². The van der Waals surface area contributed by atoms with Crippen LogP contribution in [0.25, 0.3) is 46.4 Å². The molecule has 0 amide bonds. The van der Waals surface area contributed by atoms with Crippen LogP contribution in [-0.4, -0.2) is 19.9 Å². The van der Waals surface area contributed by atoms with Crippen molar-refractivity contribution in [2.24, 2.45) is 0 Å². The normalized spacial score (nSPS) is 12.0. The van der Waals surface area contributed by atoms with E-state index in [0.29, 0.717) is 0 Å². The van der Waals surface area contributed by atoms with E-state index in [0.717, 1.165) is 122 Å². The number of hydrogen-bond acceptors (Lipinski definition) is 2. The first-order valence-electron chi connectivity index (χ1n) is 21.6. The quantitative estimate of drug-likeness (QED) is 0.0967. The van der Waals surface area contributed by atoms with Crippen LogP contribution < -0.4 is 18.3 Å². The molecule has 0 saturated heterocycles. The standard InChI is InChI=1S/C52H54N8/c1-5-29-57(30-6-1)37-13-17-41-45-21-23-47(53-45)42(18-14-38-58-31-7-2-8-32-58)49-25-27-51(55-49)44(20-16-40-60-35-11-4-12-36-60)52-28-26-50(56-52)43(48-24-22-46(41)54-48)19-15-39-59-33-9-3-10-34-59/h1-12,21-36,53-54H,13-20,37-40H2/q+4. The monoisotopic (exact) mass is 790 g/mol. The van der Waals surface area contributed by atoms with E-state index >= 15 is 0 Å². The summed E-state index contributed by atoms with van der Waals surface area (Å²) in [5.74, 6) is 0. The zero-order valence-electron chi connectivity index (χ0n) is 34.3. The Bertz CT molecular complexity index is 2610. The molecule has 9 rings (SSSR count). The SMILES string of the molecule is C1=Cc2nc1c(CCC[n+]1ccccc1)c1nc(c(CCC[n+]3ccccc3)c3ccc([nH]3)c(CCC[n+]3ccccc3)c3ccc([nH]3)c2CCC[n+]2ccccc2)C=C1. The Morgan fingerprint density at radius 1 is 0.317 bits per heavy atom. The fourth-order valence-corrected chi connectivity index (χ4v) is 8.58. The van der Waals surface area contributed by atoms with E-state index < -0.39 is 0 Å². The summed E-state index contributed by atoms with van der Waals surface area (Å²) < 4.78 is 9.06. The lowest BCUT2D eigenvalue weighted by Gasteiger charge is -2.06. The predicted molar refractivity (Wildman–Crippen MR) is 239 cm³/mol. The van der Waals surface area contributed by atoms with Crippen molar-refractivity contribution in [1.82, 2.24) is 19.9 Å². The van der Waals surface area contributed by atoms with Crippen molar-refractivity contribution in [3.05, 3.63) is 192 Å². The number of aromatic amines is 2. The molecule has 8 bridgehead atoms. The molecule has 2 aliphatic heterocycles. The van der Waals surface area contributed by atoms with Crippen molar-refractivity contribution in [2.45, 2.75) is 77.5 Å². The summed E-state index contributed by atoms with van der Waals surface area (Å²) >= 11 is 0. The first kappa shape index (κ1) is 38.7. The minimum atomic E-state index is 0.869. The number of fused-ring (bicyclic) bond motifs is 8. The second-order valence-electron chi connectivity index (χ2n) is 15.8. The molecule has 0 atom stereocenters. The van der Waals surface area contributed by atoms with Crippen LogP contribution in [0.15, 0.2) is 147 Å². The number of nitrogens with zero attached hydrogens (tertiary/aromatic N) is 6. The van der Waals surface area contributed by atoms with Gasteiger partial charge in [-0.05, 0) is 79.8 Å². The lowest BCUT2D eigenvalue weighted by atomic mass is 10.1. The Balaban J connectivity index is 1.19. The molecule has 0 fully saturated rings. The van der Waals surface area contributed by atoms with Crippen LogP contribution >= 0.6 is 0 Å². The Morgan fingerprint density at radius 2 is 0.583 bits per heavy atom. The fourth-order valence-electron chi connectivity index (χ4n) is 8.58. The third-order valence-electron chi connectivity index (χ3n) is 11.7. The van der Waals surface area contributed by atoms with Gasteiger partial charge in [-0.2, -0.15) is 0 Å². The molecular formula is C52H54N8+4. The molecule has 8 nitrogen and oxygen atoms in total. The summed E-state index contributed by atoms with van der Waals surface area (Å²) in [5.41, 5.74) is 13.6. The van der Waals surface area contributed by atoms with Gasteiger partial charge in [0, 0.05) is 113 Å². The number of aromatic nitrogens is 8. The summed E-state index contributed by atoms with van der Waals surface area (Å²) in [6.07, 6.45) is 33.6. The molecular weight excluding hydrogens is 737 g/mol. The maximum Gasteiger partial charge on any atom is 0.168 e. The molecule has 2 N–H and O–H groups in total. The van der Waals surface area contributed by atoms with Crippen molar-refractivity contribution in [1.29, 1.82) is 0 Å². The molecule has 0 spiro atoms. The fraction of sp³-hybridized carbons (Fsp3) is 0.231. The highest BCUT2D eigenvalue weighted by Gasteiger charge is 2.18. The van der Waals surface area contributed by atoms with Gasteiger partial charge in [0.15, 0.2) is 49.6 Å². The average molecular weight is 791 g/mol. The largest absolute Gasteiger partial charge is 0.355 e. The van der Waals surface area contributed by atoms with Gasteiger partial charge in [-0.15, -0.1) is 0 Å². The van der Waals surface area contributed by atoms with E-state index in [4.69, 9.17) is 9.97 Å². The van der Waals surface area contributed by atoms with Crippen molar-refractivity contribution >= 4 is 46.4 Å². The number of nitrogens with one attached hydrogen (secondary N) is 2. The highest BCUT2D eigenvalue weighted by atomic mass is 14.9. The van der Waals surface area contributed by atoms with E-state index in [9.17, 15) is 0 Å². The van der Waals surface area contributed by atoms with Gasteiger partial charge >= 0.3 is 0 Å². The molecule has 0 radical (unpaired) electrons. The molecule has 7 aromatic heterocycles. The van der Waals surface area contributed by atoms with Crippen molar-refractivity contribution < 1.29 is 18.3 Å². The zero-order valence-corrected chi connectivity index (χ0v) is 34.3. The van der Waals surface area contributed by atoms with Crippen LogP contribution in [0.2, 0.25) is 0 Å². The average Bonchev–Trinajstić information content (AvgIpc) is 4.15. The van der Waals surface area contributed by atoms with Crippen LogP contribution in [0.3, 0.4) is 0 Å². The summed E-state index contributed by atoms with van der Waals surface area (Å²) in [6, 6.07) is 34.2. The van der Waals surface area contributed by atoms with Crippen LogP contribution in [-0.2, 0) is 51.9 Å². The summed E-state index contributed by atoms with van der Waals surface area (Å²) in [5, 5.41) is 0. The van der Waals surface area contributed by atoms with Gasteiger partial charge in [0.25, 0.3) is 0 Å². The number of pyridine rings is 4. The van der Waals surface area contributed by atoms with E-state index in [1.165, 1.54) is 22.3 Å². The van der Waals surface area contributed by atoms with E-state index in [1.807, 2.05) is 0 Å². The summed E-state index contributed by atoms with van der Waals surface area (Å²) in [4.78, 5) is 18.8. The maximum absolute atomic E-state index is 5.46. The van der Waals surface area contributed by atoms with Crippen molar-refractivity contribution in [3.8, 4) is 0 Å². The molecule has 0 aromatic carbocycles. The van der Waals surface area contributed by atoms with E-state index in [-0.39, 0.29) is 0 Å². The topological polar surface area (TPSA) is 72.9 Å². The van der Waals surface area contributed by atoms with Gasteiger partial charge in [-0.1, -0.05) is 24.3 Å². The Kier molecular flexibility index (Phi) is 12.2. The van der Waals surface area contributed by atoms with Gasteiger partial charge in [-0.3, -0.25) is 0 Å². The number of H-pyrrole nitrogens is 2. The summed E-state index contributed by atoms with van der Waals surface area (Å²) in [7, 11) is 0. The van der Waals surface area contributed by atoms with E-state index in [1.54, 1.807) is 0 Å². The third kappa shape index (κ3) is 9.39. The molecule has 8 heteroatoms. The number of hydrogen-bond donors (Lipinski definition) is 2. The van der Waals surface area contributed by atoms with Gasteiger partial charge < -0.3 is 9.97 Å². The van der Waals surface area contributed by atoms with Gasteiger partial charge in [-0.25, -0.2) is 28.2 Å². The van der Waals surface area contributed by atoms with Crippen LogP contribution in [0.1, 0.15) is 70.7 Å². The number of aryl methyl sites for hydroxylation is 7. The summed E-state index contributed by atoms with van der Waals surface area (Å²) in [6.45, 7) is 3.73. The molecule has 2 aliphatic rings. The van der Waals surface area contributed by atoms with Gasteiger partial charge in [0.05, 0.1) is 22.8 Å². The highest BCUT2D eigenvalue weighted by Crippen LogP contribution is 2.29. The van der Waals surface area contributed by atoms with Gasteiger partial charge in [0.2, 0.25) is 0 Å². The molecule has 0 unspecified atom stereocenters. The molecule has 0 aliphatic carbocycles. The predicted octanol–water partition coefficient (Wildman–Crippen LogP) is 8.34. The van der Waals surface area contributed by atoms with Crippen LogP contribution in [0.4, 0.5) is 0 Å². The van der Waals surface area contributed by atoms with Crippen molar-refractivity contribution in [3.63, 3.8) is 0 Å². The molecule has 60 heavy (non-hydrogen) atoms. The zero-order chi connectivity index (χ0) is 40.4. The number of rotatable bonds is 16. The second-order valence-corrected chi connectivity index (χ2v) is 15.8. The highest BCUT2D eigenvalue weighted by molar-refractivity contribution is 5.83. The van der Waals surface area contributed by atoms with E-state index in [2.05, 4.69) is 199 Å². The molecule has 0 saturated carbocycles. The Labute approximate surface area is 352 Å². The lowest BCUT2D eigenvalue weighted by Crippen LogP contribution is -2.32. The maximum atomic E-state index is 5.46. The minimum Gasteiger partial charge on any atom is -0.355 e. The minimum absolute atomic E-state index is 0.869. The first-order valence-corrected chi connectivity index (χ1v) is 21.6. The first-order chi connectivity index (χ1) is 29.7. The lowest BCUT2D eigenvalue weighted by molar-refractivity contribution is -0.697.